The van der Waals surface area contributed by atoms with Gasteiger partial charge < -0.3 is 20.6 Å². The number of carboxylic acid groups (broad SMARTS) is 1. The maximum absolute atomic E-state index is 11.8. The van der Waals surface area contributed by atoms with Crippen molar-refractivity contribution in [2.75, 3.05) is 19.6 Å². The summed E-state index contributed by atoms with van der Waals surface area (Å²) < 4.78 is 0. The number of nitriles is 1. The molecule has 3 N–H and O–H groups in total. The Hall–Kier alpha value is -2.30. The summed E-state index contributed by atoms with van der Waals surface area (Å²) in [6.07, 6.45) is 2.06. The van der Waals surface area contributed by atoms with Gasteiger partial charge in [0.15, 0.2) is 0 Å². The Kier molecular flexibility index (Phi) is 5.60. The molecule has 104 valence electrons. The van der Waals surface area contributed by atoms with Crippen molar-refractivity contribution in [2.24, 2.45) is 0 Å². The molecule has 1 rings (SSSR count). The Balaban J connectivity index is 2.29. The predicted octanol–water partition coefficient (Wildman–Crippen LogP) is -0.725. The molecule has 8 heteroatoms. The number of nitrogens with zero attached hydrogens (tertiary/aromatic N) is 2. The fraction of sp³-hybridized carbons (Fsp3) is 0.636. The minimum atomic E-state index is -1.15. The van der Waals surface area contributed by atoms with Gasteiger partial charge in [-0.1, -0.05) is 0 Å². The van der Waals surface area contributed by atoms with E-state index in [0.717, 1.165) is 12.8 Å². The third kappa shape index (κ3) is 5.72. The normalized spacial score (nSPS) is 13.2. The standard InChI is InChI=1S/C11H16N4O4/c12-4-1-5-15(8-2-3-8)11(19)14-6-9(16)13-7-10(17)18/h8H,1-3,5-7H2,(H,13,16)(H,14,19)(H,17,18). The molecular weight excluding hydrogens is 252 g/mol. The fourth-order valence-electron chi connectivity index (χ4n) is 1.50. The monoisotopic (exact) mass is 268 g/mol. The highest BCUT2D eigenvalue weighted by Gasteiger charge is 2.32. The van der Waals surface area contributed by atoms with Crippen molar-refractivity contribution in [1.29, 1.82) is 5.26 Å². The molecular formula is C11H16N4O4. The van der Waals surface area contributed by atoms with Crippen LogP contribution in [0.15, 0.2) is 0 Å². The first kappa shape index (κ1) is 14.8. The minimum absolute atomic E-state index is 0.149. The molecule has 1 aliphatic carbocycles. The number of hydrogen-bond donors (Lipinski definition) is 3. The van der Waals surface area contributed by atoms with Gasteiger partial charge in [-0.25, -0.2) is 4.79 Å². The number of carboxylic acids is 1. The second-order valence-corrected chi connectivity index (χ2v) is 4.16. The van der Waals surface area contributed by atoms with Crippen LogP contribution in [0.5, 0.6) is 0 Å². The average Bonchev–Trinajstić information content (AvgIpc) is 3.18. The van der Waals surface area contributed by atoms with Crippen LogP contribution >= 0.6 is 0 Å². The average molecular weight is 268 g/mol. The van der Waals surface area contributed by atoms with Crippen LogP contribution in [0.4, 0.5) is 4.79 Å². The number of amides is 3. The molecule has 0 radical (unpaired) electrons. The van der Waals surface area contributed by atoms with Crippen LogP contribution < -0.4 is 10.6 Å². The van der Waals surface area contributed by atoms with Crippen molar-refractivity contribution in [3.05, 3.63) is 0 Å². The van der Waals surface area contributed by atoms with E-state index in [0.29, 0.717) is 6.54 Å². The topological polar surface area (TPSA) is 123 Å². The Morgan fingerprint density at radius 2 is 1.95 bits per heavy atom. The lowest BCUT2D eigenvalue weighted by Crippen LogP contribution is -2.46. The first-order valence-electron chi connectivity index (χ1n) is 5.94. The number of rotatable bonds is 7. The lowest BCUT2D eigenvalue weighted by atomic mass is 10.4. The van der Waals surface area contributed by atoms with E-state index in [1.165, 1.54) is 4.90 Å². The van der Waals surface area contributed by atoms with E-state index in [1.54, 1.807) is 0 Å². The lowest BCUT2D eigenvalue weighted by Gasteiger charge is -2.21. The van der Waals surface area contributed by atoms with Gasteiger partial charge >= 0.3 is 12.0 Å². The predicted molar refractivity (Wildman–Crippen MR) is 64.0 cm³/mol. The molecule has 0 atom stereocenters. The van der Waals surface area contributed by atoms with Crippen molar-refractivity contribution in [3.8, 4) is 6.07 Å². The highest BCUT2D eigenvalue weighted by Crippen LogP contribution is 2.26. The number of aliphatic carboxylic acids is 1. The third-order valence-corrected chi connectivity index (χ3v) is 2.55. The van der Waals surface area contributed by atoms with E-state index < -0.39 is 24.5 Å². The molecule has 1 saturated carbocycles. The van der Waals surface area contributed by atoms with Gasteiger partial charge in [-0.2, -0.15) is 5.26 Å². The number of carbonyl (C=O) groups excluding carboxylic acids is 2. The molecule has 19 heavy (non-hydrogen) atoms. The van der Waals surface area contributed by atoms with Gasteiger partial charge in [-0.05, 0) is 12.8 Å². The summed E-state index contributed by atoms with van der Waals surface area (Å²) >= 11 is 0. The second kappa shape index (κ2) is 7.20. The SMILES string of the molecule is N#CCCN(C(=O)NCC(=O)NCC(=O)O)C1CC1. The van der Waals surface area contributed by atoms with Crippen LogP contribution in [0.25, 0.3) is 0 Å². The lowest BCUT2D eigenvalue weighted by molar-refractivity contribution is -0.137. The summed E-state index contributed by atoms with van der Waals surface area (Å²) in [6.45, 7) is -0.416. The van der Waals surface area contributed by atoms with Crippen molar-refractivity contribution < 1.29 is 19.5 Å². The van der Waals surface area contributed by atoms with Crippen LogP contribution in [-0.4, -0.2) is 53.6 Å². The van der Waals surface area contributed by atoms with Crippen LogP contribution in [0.1, 0.15) is 19.3 Å². The molecule has 0 saturated heterocycles. The zero-order chi connectivity index (χ0) is 14.3. The Morgan fingerprint density at radius 3 is 2.47 bits per heavy atom. The van der Waals surface area contributed by atoms with Crippen LogP contribution in [0.3, 0.4) is 0 Å². The Morgan fingerprint density at radius 1 is 1.26 bits per heavy atom. The molecule has 0 aromatic heterocycles. The highest BCUT2D eigenvalue weighted by molar-refractivity contribution is 5.86. The van der Waals surface area contributed by atoms with Crippen LogP contribution in [0.2, 0.25) is 0 Å². The molecule has 0 heterocycles. The highest BCUT2D eigenvalue weighted by atomic mass is 16.4. The van der Waals surface area contributed by atoms with E-state index in [-0.39, 0.29) is 19.0 Å². The summed E-state index contributed by atoms with van der Waals surface area (Å²) in [4.78, 5) is 34.8. The molecule has 0 spiro atoms. The van der Waals surface area contributed by atoms with E-state index in [2.05, 4.69) is 10.6 Å². The van der Waals surface area contributed by atoms with Gasteiger partial charge in [0.05, 0.1) is 19.0 Å². The van der Waals surface area contributed by atoms with Crippen molar-refractivity contribution >= 4 is 17.9 Å². The van der Waals surface area contributed by atoms with Crippen molar-refractivity contribution in [1.82, 2.24) is 15.5 Å². The summed E-state index contributed by atoms with van der Waals surface area (Å²) in [5.41, 5.74) is 0. The maximum Gasteiger partial charge on any atom is 0.322 e. The largest absolute Gasteiger partial charge is 0.480 e. The van der Waals surface area contributed by atoms with Gasteiger partial charge in [-0.3, -0.25) is 9.59 Å². The van der Waals surface area contributed by atoms with Gasteiger partial charge in [0.2, 0.25) is 5.91 Å². The van der Waals surface area contributed by atoms with Crippen molar-refractivity contribution in [3.63, 3.8) is 0 Å². The molecule has 8 nitrogen and oxygen atoms in total. The molecule has 0 bridgehead atoms. The first-order valence-corrected chi connectivity index (χ1v) is 5.94. The van der Waals surface area contributed by atoms with Crippen LogP contribution in [0, 0.1) is 11.3 Å². The Labute approximate surface area is 110 Å². The zero-order valence-corrected chi connectivity index (χ0v) is 10.4. The number of urea groups is 1. The van der Waals surface area contributed by atoms with Gasteiger partial charge in [0.1, 0.15) is 6.54 Å². The molecule has 0 aromatic rings. The molecule has 0 aliphatic heterocycles. The van der Waals surface area contributed by atoms with Gasteiger partial charge in [0, 0.05) is 12.6 Å². The minimum Gasteiger partial charge on any atom is -0.480 e. The van der Waals surface area contributed by atoms with Crippen LogP contribution in [-0.2, 0) is 9.59 Å². The fourth-order valence-corrected chi connectivity index (χ4v) is 1.50. The number of hydrogen-bond acceptors (Lipinski definition) is 4. The van der Waals surface area contributed by atoms with Gasteiger partial charge in [-0.15, -0.1) is 0 Å². The van der Waals surface area contributed by atoms with E-state index in [1.807, 2.05) is 6.07 Å². The van der Waals surface area contributed by atoms with Crippen molar-refractivity contribution in [2.45, 2.75) is 25.3 Å². The zero-order valence-electron chi connectivity index (χ0n) is 10.4. The molecule has 1 aliphatic rings. The third-order valence-electron chi connectivity index (χ3n) is 2.55. The van der Waals surface area contributed by atoms with E-state index >= 15 is 0 Å². The Bertz CT molecular complexity index is 400. The molecule has 0 aromatic carbocycles. The van der Waals surface area contributed by atoms with E-state index in [9.17, 15) is 14.4 Å². The summed E-state index contributed by atoms with van der Waals surface area (Å²) in [5.74, 6) is -1.71. The summed E-state index contributed by atoms with van der Waals surface area (Å²) in [6, 6.07) is 1.72. The smallest absolute Gasteiger partial charge is 0.322 e. The number of nitrogens with one attached hydrogen (secondary N) is 2. The molecule has 3 amide bonds. The first-order chi connectivity index (χ1) is 9.04. The molecule has 1 fully saturated rings. The van der Waals surface area contributed by atoms with E-state index in [4.69, 9.17) is 10.4 Å². The number of carbonyl (C=O) groups is 3. The maximum atomic E-state index is 11.8. The van der Waals surface area contributed by atoms with Gasteiger partial charge in [0.25, 0.3) is 0 Å². The summed E-state index contributed by atoms with van der Waals surface area (Å²) in [5, 5.41) is 21.4. The second-order valence-electron chi connectivity index (χ2n) is 4.16. The quantitative estimate of drug-likeness (QED) is 0.562. The summed E-state index contributed by atoms with van der Waals surface area (Å²) in [7, 11) is 0. The molecule has 0 unspecified atom stereocenters.